The highest BCUT2D eigenvalue weighted by Crippen LogP contribution is 2.38. The molecule has 2 fully saturated rings. The number of anilines is 1. The van der Waals surface area contributed by atoms with Gasteiger partial charge in [0.1, 0.15) is 0 Å². The van der Waals surface area contributed by atoms with Crippen molar-refractivity contribution in [2.75, 3.05) is 18.2 Å². The molecule has 3 aromatic rings. The molecule has 1 atom stereocenters. The summed E-state index contributed by atoms with van der Waals surface area (Å²) in [6.07, 6.45) is 2.00. The van der Waals surface area contributed by atoms with Gasteiger partial charge in [-0.2, -0.15) is 0 Å². The number of carbonyl (C=O) groups is 2. The van der Waals surface area contributed by atoms with Crippen molar-refractivity contribution in [3.05, 3.63) is 53.4 Å². The summed E-state index contributed by atoms with van der Waals surface area (Å²) in [5.74, 6) is 1.30. The maximum absolute atomic E-state index is 13.5. The molecule has 2 amide bonds. The molecule has 1 saturated heterocycles. The molecule has 34 heavy (non-hydrogen) atoms. The van der Waals surface area contributed by atoms with Gasteiger partial charge >= 0.3 is 0 Å². The van der Waals surface area contributed by atoms with Crippen LogP contribution in [0.2, 0.25) is 5.02 Å². The maximum Gasteiger partial charge on any atom is 0.249 e. The van der Waals surface area contributed by atoms with Gasteiger partial charge in [0.15, 0.2) is 11.5 Å². The van der Waals surface area contributed by atoms with Crippen molar-refractivity contribution in [2.45, 2.75) is 31.8 Å². The Morgan fingerprint density at radius 2 is 1.94 bits per heavy atom. The van der Waals surface area contributed by atoms with Crippen molar-refractivity contribution < 1.29 is 23.5 Å². The van der Waals surface area contributed by atoms with E-state index in [4.69, 9.17) is 25.5 Å². The third-order valence-corrected chi connectivity index (χ3v) is 6.62. The zero-order valence-electron chi connectivity index (χ0n) is 18.1. The van der Waals surface area contributed by atoms with Gasteiger partial charge in [0.2, 0.25) is 30.4 Å². The summed E-state index contributed by atoms with van der Waals surface area (Å²) >= 11 is 6.24. The van der Waals surface area contributed by atoms with E-state index < -0.39 is 5.92 Å². The van der Waals surface area contributed by atoms with Crippen molar-refractivity contribution >= 4 is 29.1 Å². The molecule has 1 saturated carbocycles. The average Bonchev–Trinajstić information content (AvgIpc) is 3.21. The van der Waals surface area contributed by atoms with Crippen LogP contribution in [-0.2, 0) is 16.1 Å². The first-order valence-corrected chi connectivity index (χ1v) is 11.5. The van der Waals surface area contributed by atoms with E-state index in [-0.39, 0.29) is 37.6 Å². The minimum absolute atomic E-state index is 0.0726. The van der Waals surface area contributed by atoms with Crippen LogP contribution in [0.3, 0.4) is 0 Å². The van der Waals surface area contributed by atoms with E-state index in [0.717, 1.165) is 12.8 Å². The molecule has 0 bridgehead atoms. The number of nitrogens with zero attached hydrogens (tertiary/aromatic N) is 4. The summed E-state index contributed by atoms with van der Waals surface area (Å²) in [5, 5.41) is 8.75. The molecular weight excluding hydrogens is 460 g/mol. The number of benzene rings is 2. The van der Waals surface area contributed by atoms with Gasteiger partial charge in [-0.15, -0.1) is 10.2 Å². The number of fused-ring (bicyclic) bond motifs is 1. The first-order chi connectivity index (χ1) is 16.6. The number of hydrogen-bond donors (Lipinski definition) is 0. The van der Waals surface area contributed by atoms with Crippen LogP contribution in [0.4, 0.5) is 5.69 Å². The average molecular weight is 481 g/mol. The Labute approximate surface area is 200 Å². The zero-order chi connectivity index (χ0) is 23.2. The lowest BCUT2D eigenvalue weighted by atomic mass is 10.1. The van der Waals surface area contributed by atoms with Crippen molar-refractivity contribution in [3.63, 3.8) is 0 Å². The molecule has 1 aliphatic carbocycles. The molecule has 1 aromatic heterocycles. The number of amides is 2. The van der Waals surface area contributed by atoms with E-state index in [2.05, 4.69) is 10.2 Å². The molecule has 9 nitrogen and oxygen atoms in total. The number of aromatic nitrogens is 2. The summed E-state index contributed by atoms with van der Waals surface area (Å²) < 4.78 is 16.6. The zero-order valence-corrected chi connectivity index (χ0v) is 18.9. The molecule has 3 aliphatic rings. The van der Waals surface area contributed by atoms with Gasteiger partial charge in [-0.1, -0.05) is 23.7 Å². The van der Waals surface area contributed by atoms with Crippen molar-refractivity contribution in [1.29, 1.82) is 0 Å². The van der Waals surface area contributed by atoms with Crippen molar-refractivity contribution in [2.24, 2.45) is 5.92 Å². The molecule has 0 radical (unpaired) electrons. The van der Waals surface area contributed by atoms with E-state index in [9.17, 15) is 9.59 Å². The molecule has 174 valence electrons. The van der Waals surface area contributed by atoms with Crippen LogP contribution in [0, 0.1) is 5.92 Å². The Balaban J connectivity index is 1.18. The van der Waals surface area contributed by atoms with Gasteiger partial charge in [-0.05, 0) is 37.1 Å². The Morgan fingerprint density at radius 1 is 1.12 bits per heavy atom. The van der Waals surface area contributed by atoms with Crippen molar-refractivity contribution in [3.8, 4) is 23.0 Å². The Kier molecular flexibility index (Phi) is 5.13. The Bertz CT molecular complexity index is 1270. The maximum atomic E-state index is 13.5. The monoisotopic (exact) mass is 480 g/mol. The van der Waals surface area contributed by atoms with E-state index in [0.29, 0.717) is 46.1 Å². The largest absolute Gasteiger partial charge is 0.454 e. The quantitative estimate of drug-likeness (QED) is 0.531. The first-order valence-electron chi connectivity index (χ1n) is 11.1. The summed E-state index contributed by atoms with van der Waals surface area (Å²) in [7, 11) is 0. The van der Waals surface area contributed by atoms with Crippen LogP contribution < -0.4 is 14.4 Å². The number of carbonyl (C=O) groups excluding carboxylic acids is 2. The fourth-order valence-electron chi connectivity index (χ4n) is 4.39. The highest BCUT2D eigenvalue weighted by Gasteiger charge is 2.42. The van der Waals surface area contributed by atoms with Gasteiger partial charge in [-0.25, -0.2) is 0 Å². The number of rotatable bonds is 6. The van der Waals surface area contributed by atoms with Gasteiger partial charge in [0.25, 0.3) is 0 Å². The summed E-state index contributed by atoms with van der Waals surface area (Å²) in [6.45, 7) is 0.683. The smallest absolute Gasteiger partial charge is 0.249 e. The second-order valence-electron chi connectivity index (χ2n) is 8.62. The van der Waals surface area contributed by atoms with Crippen LogP contribution in [0.1, 0.15) is 25.2 Å². The van der Waals surface area contributed by atoms with Crippen LogP contribution in [0.15, 0.2) is 46.9 Å². The standard InChI is InChI=1S/C24H21ClN4O5/c25-18-4-2-1-3-17(18)23-27-26-21(34-23)12-29(15-5-6-15)24(31)14-9-22(30)28(11-14)16-7-8-19-20(10-16)33-13-32-19/h1-4,7-8,10,14-15H,5-6,9,11-13H2. The third-order valence-electron chi connectivity index (χ3n) is 6.29. The lowest BCUT2D eigenvalue weighted by molar-refractivity contribution is -0.137. The molecule has 0 spiro atoms. The summed E-state index contributed by atoms with van der Waals surface area (Å²) in [5.41, 5.74) is 1.34. The van der Waals surface area contributed by atoms with Crippen LogP contribution in [0.25, 0.3) is 11.5 Å². The lowest BCUT2D eigenvalue weighted by Gasteiger charge is -2.24. The van der Waals surface area contributed by atoms with Crippen molar-refractivity contribution in [1.82, 2.24) is 15.1 Å². The number of ether oxygens (including phenoxy) is 2. The topological polar surface area (TPSA) is 98.0 Å². The van der Waals surface area contributed by atoms with E-state index in [1.165, 1.54) is 0 Å². The number of halogens is 1. The van der Waals surface area contributed by atoms with Crippen LogP contribution in [-0.4, -0.2) is 46.3 Å². The van der Waals surface area contributed by atoms with E-state index >= 15 is 0 Å². The molecule has 1 unspecified atom stereocenters. The second-order valence-corrected chi connectivity index (χ2v) is 9.03. The molecule has 2 aromatic carbocycles. The minimum Gasteiger partial charge on any atom is -0.454 e. The Hall–Kier alpha value is -3.59. The third kappa shape index (κ3) is 3.86. The molecule has 0 N–H and O–H groups in total. The molecular formula is C24H21ClN4O5. The first kappa shape index (κ1) is 21.0. The van der Waals surface area contributed by atoms with Crippen LogP contribution in [0.5, 0.6) is 11.5 Å². The minimum atomic E-state index is -0.440. The van der Waals surface area contributed by atoms with Gasteiger partial charge in [0.05, 0.1) is 23.0 Å². The summed E-state index contributed by atoms with van der Waals surface area (Å²) in [4.78, 5) is 29.6. The lowest BCUT2D eigenvalue weighted by Crippen LogP contribution is -2.38. The molecule has 3 heterocycles. The predicted octanol–water partition coefficient (Wildman–Crippen LogP) is 3.66. The van der Waals surface area contributed by atoms with E-state index in [1.807, 2.05) is 18.2 Å². The highest BCUT2D eigenvalue weighted by atomic mass is 35.5. The fraction of sp³-hybridized carbons (Fsp3) is 0.333. The predicted molar refractivity (Wildman–Crippen MR) is 121 cm³/mol. The normalized spacial score (nSPS) is 19.0. The molecule has 6 rings (SSSR count). The molecule has 10 heteroatoms. The van der Waals surface area contributed by atoms with Crippen LogP contribution >= 0.6 is 11.6 Å². The Morgan fingerprint density at radius 3 is 2.76 bits per heavy atom. The summed E-state index contributed by atoms with van der Waals surface area (Å²) in [6, 6.07) is 12.7. The fourth-order valence-corrected chi connectivity index (χ4v) is 4.61. The van der Waals surface area contributed by atoms with Gasteiger partial charge < -0.3 is 23.7 Å². The SMILES string of the molecule is O=C1CC(C(=O)N(Cc2nnc(-c3ccccc3Cl)o2)C2CC2)CN1c1ccc2c(c1)OCO2. The van der Waals surface area contributed by atoms with Gasteiger partial charge in [0, 0.05) is 30.8 Å². The van der Waals surface area contributed by atoms with E-state index in [1.54, 1.807) is 34.1 Å². The molecule has 2 aliphatic heterocycles. The van der Waals surface area contributed by atoms with Gasteiger partial charge in [-0.3, -0.25) is 9.59 Å². The second kappa shape index (κ2) is 8.32. The number of hydrogen-bond acceptors (Lipinski definition) is 7. The highest BCUT2D eigenvalue weighted by molar-refractivity contribution is 6.33.